The van der Waals surface area contributed by atoms with Crippen LogP contribution in [0.15, 0.2) is 30.5 Å². The number of carbonyl (C=O) groups is 1. The largest absolute Gasteiger partial charge is 0.468 e. The molecule has 22 heavy (non-hydrogen) atoms. The van der Waals surface area contributed by atoms with Crippen molar-refractivity contribution in [1.29, 1.82) is 0 Å². The summed E-state index contributed by atoms with van der Waals surface area (Å²) in [6.45, 7) is 1.47. The molecule has 2 heterocycles. The quantitative estimate of drug-likeness (QED) is 0.870. The zero-order chi connectivity index (χ0) is 14.8. The van der Waals surface area contributed by atoms with Gasteiger partial charge in [0.1, 0.15) is 6.04 Å². The molecule has 7 heteroatoms. The fourth-order valence-corrected chi connectivity index (χ4v) is 3.48. The van der Waals surface area contributed by atoms with Crippen molar-refractivity contribution < 1.29 is 9.53 Å². The van der Waals surface area contributed by atoms with Crippen LogP contribution in [0.2, 0.25) is 0 Å². The number of anilines is 1. The van der Waals surface area contributed by atoms with E-state index in [1.807, 2.05) is 18.2 Å². The Kier molecular flexibility index (Phi) is 5.39. The predicted octanol–water partition coefficient (Wildman–Crippen LogP) is 2.42. The second-order valence-electron chi connectivity index (χ2n) is 5.01. The number of carbonyl (C=O) groups excluding carboxylic acids is 1. The molecule has 0 fully saturated rings. The van der Waals surface area contributed by atoms with Gasteiger partial charge < -0.3 is 10.5 Å². The minimum Gasteiger partial charge on any atom is -0.468 e. The van der Waals surface area contributed by atoms with E-state index in [2.05, 4.69) is 16.0 Å². The van der Waals surface area contributed by atoms with Crippen LogP contribution in [-0.2, 0) is 22.5 Å². The third-order valence-electron chi connectivity index (χ3n) is 3.74. The molecule has 3 rings (SSSR count). The van der Waals surface area contributed by atoms with Crippen LogP contribution in [0, 0.1) is 0 Å². The summed E-state index contributed by atoms with van der Waals surface area (Å²) in [4.78, 5) is 19.5. The standard InChI is InChI=1S/C15H17N3O2S.ClH/c1-20-14(19)13-12-5-3-2-4-10(12)6-7-18(13)9-11-8-17-15(16)21-11;/h2-5,8,13H,6-7,9H2,1H3,(H2,16,17);1H. The van der Waals surface area contributed by atoms with E-state index >= 15 is 0 Å². The van der Waals surface area contributed by atoms with Crippen LogP contribution in [0.1, 0.15) is 22.0 Å². The van der Waals surface area contributed by atoms with E-state index in [1.165, 1.54) is 24.0 Å². The number of esters is 1. The number of rotatable bonds is 3. The first kappa shape index (κ1) is 16.7. The number of hydrogen-bond acceptors (Lipinski definition) is 6. The van der Waals surface area contributed by atoms with Gasteiger partial charge in [-0.1, -0.05) is 24.3 Å². The number of methoxy groups -OCH3 is 1. The van der Waals surface area contributed by atoms with E-state index in [1.54, 1.807) is 6.20 Å². The Hall–Kier alpha value is -1.63. The summed E-state index contributed by atoms with van der Waals surface area (Å²) in [5.41, 5.74) is 7.93. The molecule has 1 aromatic carbocycles. The number of benzene rings is 1. The van der Waals surface area contributed by atoms with Crippen molar-refractivity contribution in [1.82, 2.24) is 9.88 Å². The van der Waals surface area contributed by atoms with E-state index in [0.717, 1.165) is 23.4 Å². The molecule has 0 saturated heterocycles. The number of nitrogens with two attached hydrogens (primary N) is 1. The summed E-state index contributed by atoms with van der Waals surface area (Å²) < 4.78 is 5.00. The van der Waals surface area contributed by atoms with Gasteiger partial charge in [0.2, 0.25) is 0 Å². The number of fused-ring (bicyclic) bond motifs is 1. The van der Waals surface area contributed by atoms with E-state index in [-0.39, 0.29) is 24.4 Å². The van der Waals surface area contributed by atoms with Gasteiger partial charge in [0, 0.05) is 24.2 Å². The van der Waals surface area contributed by atoms with Gasteiger partial charge >= 0.3 is 5.97 Å². The fourth-order valence-electron chi connectivity index (χ4n) is 2.77. The van der Waals surface area contributed by atoms with Crippen molar-refractivity contribution in [3.8, 4) is 0 Å². The lowest BCUT2D eigenvalue weighted by atomic mass is 9.92. The maximum absolute atomic E-state index is 12.2. The molecule has 0 aliphatic carbocycles. The minimum absolute atomic E-state index is 0. The third kappa shape index (κ3) is 3.24. The van der Waals surface area contributed by atoms with Crippen molar-refractivity contribution in [2.75, 3.05) is 19.4 Å². The van der Waals surface area contributed by atoms with Crippen molar-refractivity contribution >= 4 is 34.8 Å². The smallest absolute Gasteiger partial charge is 0.327 e. The molecule has 1 aliphatic rings. The average Bonchev–Trinajstić information content (AvgIpc) is 2.91. The molecule has 1 aromatic heterocycles. The van der Waals surface area contributed by atoms with Crippen molar-refractivity contribution in [2.45, 2.75) is 19.0 Å². The SMILES string of the molecule is COC(=O)C1c2ccccc2CCN1Cc1cnc(N)s1.Cl. The van der Waals surface area contributed by atoms with Gasteiger partial charge in [0.15, 0.2) is 5.13 Å². The Labute approximate surface area is 139 Å². The Balaban J connectivity index is 0.00000176. The summed E-state index contributed by atoms with van der Waals surface area (Å²) in [7, 11) is 1.43. The molecule has 118 valence electrons. The molecule has 0 amide bonds. The summed E-state index contributed by atoms with van der Waals surface area (Å²) in [5, 5.41) is 0.553. The van der Waals surface area contributed by atoms with Crippen LogP contribution < -0.4 is 5.73 Å². The molecular formula is C15H18ClN3O2S. The Morgan fingerprint density at radius 2 is 2.27 bits per heavy atom. The molecule has 0 bridgehead atoms. The minimum atomic E-state index is -0.358. The van der Waals surface area contributed by atoms with E-state index in [9.17, 15) is 4.79 Å². The number of halogens is 1. The van der Waals surface area contributed by atoms with Crippen molar-refractivity contribution in [3.05, 3.63) is 46.5 Å². The van der Waals surface area contributed by atoms with Crippen LogP contribution >= 0.6 is 23.7 Å². The highest BCUT2D eigenvalue weighted by atomic mass is 35.5. The van der Waals surface area contributed by atoms with Gasteiger partial charge in [0.05, 0.1) is 7.11 Å². The van der Waals surface area contributed by atoms with Crippen LogP contribution in [0.3, 0.4) is 0 Å². The molecule has 2 N–H and O–H groups in total. The van der Waals surface area contributed by atoms with E-state index < -0.39 is 0 Å². The van der Waals surface area contributed by atoms with Gasteiger partial charge in [-0.05, 0) is 17.5 Å². The average molecular weight is 340 g/mol. The monoisotopic (exact) mass is 339 g/mol. The van der Waals surface area contributed by atoms with E-state index in [4.69, 9.17) is 10.5 Å². The second-order valence-corrected chi connectivity index (χ2v) is 6.16. The zero-order valence-electron chi connectivity index (χ0n) is 12.2. The van der Waals surface area contributed by atoms with Crippen molar-refractivity contribution in [2.24, 2.45) is 0 Å². The predicted molar refractivity (Wildman–Crippen MR) is 89.1 cm³/mol. The molecule has 1 atom stereocenters. The second kappa shape index (κ2) is 7.09. The molecule has 1 unspecified atom stereocenters. The zero-order valence-corrected chi connectivity index (χ0v) is 13.8. The highest BCUT2D eigenvalue weighted by Gasteiger charge is 2.33. The van der Waals surface area contributed by atoms with Gasteiger partial charge in [-0.3, -0.25) is 4.90 Å². The van der Waals surface area contributed by atoms with Crippen LogP contribution in [0.5, 0.6) is 0 Å². The maximum atomic E-state index is 12.2. The van der Waals surface area contributed by atoms with Gasteiger partial charge in [-0.2, -0.15) is 0 Å². The molecule has 1 aliphatic heterocycles. The number of thiazole rings is 1. The number of ether oxygens (including phenoxy) is 1. The van der Waals surface area contributed by atoms with Crippen LogP contribution in [-0.4, -0.2) is 29.5 Å². The summed E-state index contributed by atoms with van der Waals surface area (Å²) in [6, 6.07) is 7.69. The molecule has 0 radical (unpaired) electrons. The van der Waals surface area contributed by atoms with Gasteiger partial charge in [0.25, 0.3) is 0 Å². The third-order valence-corrected chi connectivity index (χ3v) is 4.55. The van der Waals surface area contributed by atoms with Crippen LogP contribution in [0.4, 0.5) is 5.13 Å². The Bertz CT molecular complexity index is 662. The number of hydrogen-bond donors (Lipinski definition) is 1. The summed E-state index contributed by atoms with van der Waals surface area (Å²) in [5.74, 6) is -0.223. The summed E-state index contributed by atoms with van der Waals surface area (Å²) >= 11 is 1.46. The van der Waals surface area contributed by atoms with Gasteiger partial charge in [-0.25, -0.2) is 9.78 Å². The summed E-state index contributed by atoms with van der Waals surface area (Å²) in [6.07, 6.45) is 2.70. The first-order valence-electron chi connectivity index (χ1n) is 6.79. The Morgan fingerprint density at radius 1 is 1.50 bits per heavy atom. The molecule has 0 spiro atoms. The molecule has 5 nitrogen and oxygen atoms in total. The lowest BCUT2D eigenvalue weighted by Crippen LogP contribution is -2.39. The number of nitrogens with zero attached hydrogens (tertiary/aromatic N) is 2. The lowest BCUT2D eigenvalue weighted by Gasteiger charge is -2.35. The van der Waals surface area contributed by atoms with Gasteiger partial charge in [-0.15, -0.1) is 23.7 Å². The number of nitrogen functional groups attached to an aromatic ring is 1. The normalized spacial score (nSPS) is 17.4. The Morgan fingerprint density at radius 3 is 2.95 bits per heavy atom. The highest BCUT2D eigenvalue weighted by Crippen LogP contribution is 2.32. The topological polar surface area (TPSA) is 68.5 Å². The first-order chi connectivity index (χ1) is 10.2. The maximum Gasteiger partial charge on any atom is 0.327 e. The highest BCUT2D eigenvalue weighted by molar-refractivity contribution is 7.15. The lowest BCUT2D eigenvalue weighted by molar-refractivity contribution is -0.148. The first-order valence-corrected chi connectivity index (χ1v) is 7.60. The van der Waals surface area contributed by atoms with Crippen LogP contribution in [0.25, 0.3) is 0 Å². The molecular weight excluding hydrogens is 322 g/mol. The van der Waals surface area contributed by atoms with Crippen molar-refractivity contribution in [3.63, 3.8) is 0 Å². The fraction of sp³-hybridized carbons (Fsp3) is 0.333. The molecule has 2 aromatic rings. The van der Waals surface area contributed by atoms with E-state index in [0.29, 0.717) is 11.7 Å². The molecule has 0 saturated carbocycles. The number of aromatic nitrogens is 1.